The van der Waals surface area contributed by atoms with Crippen molar-refractivity contribution in [1.29, 1.82) is 0 Å². The van der Waals surface area contributed by atoms with Crippen LogP contribution in [0.25, 0.3) is 10.9 Å². The molecule has 0 unspecified atom stereocenters. The van der Waals surface area contributed by atoms with Crippen molar-refractivity contribution in [1.82, 2.24) is 9.97 Å². The molecule has 78 valence electrons. The van der Waals surface area contributed by atoms with Gasteiger partial charge >= 0.3 is 0 Å². The number of rotatable bonds is 1. The zero-order valence-electron chi connectivity index (χ0n) is 8.46. The fourth-order valence-corrected chi connectivity index (χ4v) is 1.90. The van der Waals surface area contributed by atoms with E-state index in [1.54, 1.807) is 0 Å². The molecule has 0 fully saturated rings. The maximum absolute atomic E-state index is 5.96. The van der Waals surface area contributed by atoms with Gasteiger partial charge in [-0.15, -0.1) is 0 Å². The highest BCUT2D eigenvalue weighted by molar-refractivity contribution is 6.35. The minimum atomic E-state index is 0.188. The molecule has 0 aliphatic rings. The largest absolute Gasteiger partial charge is 0.224 e. The van der Waals surface area contributed by atoms with Gasteiger partial charge in [0.2, 0.25) is 5.28 Å². The fraction of sp³-hybridized carbons (Fsp3) is 0.273. The molecule has 0 amide bonds. The van der Waals surface area contributed by atoms with E-state index in [0.717, 1.165) is 10.9 Å². The molecule has 0 saturated carbocycles. The van der Waals surface area contributed by atoms with Gasteiger partial charge in [-0.05, 0) is 35.2 Å². The molecule has 0 aliphatic heterocycles. The summed E-state index contributed by atoms with van der Waals surface area (Å²) >= 11 is 11.7. The van der Waals surface area contributed by atoms with Gasteiger partial charge in [-0.1, -0.05) is 31.5 Å². The summed E-state index contributed by atoms with van der Waals surface area (Å²) in [5.74, 6) is 0.460. The van der Waals surface area contributed by atoms with E-state index in [1.807, 2.05) is 18.2 Å². The molecule has 0 atom stereocenters. The Morgan fingerprint density at radius 3 is 2.53 bits per heavy atom. The number of fused-ring (bicyclic) bond motifs is 1. The van der Waals surface area contributed by atoms with Crippen LogP contribution < -0.4 is 0 Å². The Kier molecular flexibility index (Phi) is 2.81. The normalized spacial score (nSPS) is 11.3. The minimum Gasteiger partial charge on any atom is -0.218 e. The topological polar surface area (TPSA) is 25.8 Å². The highest BCUT2D eigenvalue weighted by atomic mass is 35.5. The third kappa shape index (κ3) is 2.06. The second kappa shape index (κ2) is 3.95. The van der Waals surface area contributed by atoms with E-state index < -0.39 is 0 Å². The van der Waals surface area contributed by atoms with Crippen molar-refractivity contribution in [3.05, 3.63) is 34.2 Å². The van der Waals surface area contributed by atoms with Crippen molar-refractivity contribution in [3.8, 4) is 0 Å². The van der Waals surface area contributed by atoms with Crippen LogP contribution in [-0.2, 0) is 0 Å². The van der Waals surface area contributed by atoms with Crippen LogP contribution in [0.2, 0.25) is 10.4 Å². The molecule has 2 aromatic rings. The predicted molar refractivity (Wildman–Crippen MR) is 63.6 cm³/mol. The Bertz CT molecular complexity index is 509. The smallest absolute Gasteiger partial charge is 0.218 e. The summed E-state index contributed by atoms with van der Waals surface area (Å²) in [6, 6.07) is 5.97. The SMILES string of the molecule is CC(C)c1ccc2c(Cl)nc(Cl)nc2c1. The van der Waals surface area contributed by atoms with Crippen LogP contribution in [0.4, 0.5) is 0 Å². The average Bonchev–Trinajstić information content (AvgIpc) is 2.16. The molecule has 2 rings (SSSR count). The maximum Gasteiger partial charge on any atom is 0.224 e. The number of hydrogen-bond acceptors (Lipinski definition) is 2. The molecule has 1 aromatic carbocycles. The van der Waals surface area contributed by atoms with Crippen LogP contribution in [-0.4, -0.2) is 9.97 Å². The van der Waals surface area contributed by atoms with Gasteiger partial charge in [-0.2, -0.15) is 0 Å². The second-order valence-corrected chi connectivity index (χ2v) is 4.41. The first kappa shape index (κ1) is 10.7. The lowest BCUT2D eigenvalue weighted by Gasteiger charge is -2.06. The van der Waals surface area contributed by atoms with Crippen LogP contribution in [0, 0.1) is 0 Å². The molecule has 0 N–H and O–H groups in total. The lowest BCUT2D eigenvalue weighted by atomic mass is 10.0. The highest BCUT2D eigenvalue weighted by Crippen LogP contribution is 2.25. The third-order valence-corrected chi connectivity index (χ3v) is 2.77. The van der Waals surface area contributed by atoms with Crippen molar-refractivity contribution in [2.24, 2.45) is 0 Å². The Labute approximate surface area is 98.3 Å². The van der Waals surface area contributed by atoms with Gasteiger partial charge < -0.3 is 0 Å². The molecule has 0 aliphatic carbocycles. The third-order valence-electron chi connectivity index (χ3n) is 2.31. The molecule has 0 radical (unpaired) electrons. The summed E-state index contributed by atoms with van der Waals surface area (Å²) in [6.45, 7) is 4.26. The predicted octanol–water partition coefficient (Wildman–Crippen LogP) is 4.06. The zero-order valence-corrected chi connectivity index (χ0v) is 9.97. The minimum absolute atomic E-state index is 0.188. The number of hydrogen-bond donors (Lipinski definition) is 0. The molecule has 2 nitrogen and oxygen atoms in total. The number of benzene rings is 1. The lowest BCUT2D eigenvalue weighted by molar-refractivity contribution is 0.868. The maximum atomic E-state index is 5.96. The summed E-state index contributed by atoms with van der Waals surface area (Å²) < 4.78 is 0. The van der Waals surface area contributed by atoms with Gasteiger partial charge in [0.1, 0.15) is 5.15 Å². The summed E-state index contributed by atoms with van der Waals surface area (Å²) in [5.41, 5.74) is 2.01. The molecule has 0 spiro atoms. The molecular formula is C11H10Cl2N2. The van der Waals surface area contributed by atoms with E-state index in [1.165, 1.54) is 5.56 Å². The van der Waals surface area contributed by atoms with Gasteiger partial charge in [0.25, 0.3) is 0 Å². The zero-order chi connectivity index (χ0) is 11.0. The molecule has 1 aromatic heterocycles. The molecule has 4 heteroatoms. The second-order valence-electron chi connectivity index (χ2n) is 3.71. The van der Waals surface area contributed by atoms with Crippen molar-refractivity contribution >= 4 is 34.1 Å². The summed E-state index contributed by atoms with van der Waals surface area (Å²) in [7, 11) is 0. The average molecular weight is 241 g/mol. The van der Waals surface area contributed by atoms with E-state index in [9.17, 15) is 0 Å². The fourth-order valence-electron chi connectivity index (χ4n) is 1.44. The van der Waals surface area contributed by atoms with Crippen LogP contribution in [0.15, 0.2) is 18.2 Å². The van der Waals surface area contributed by atoms with Crippen LogP contribution >= 0.6 is 23.2 Å². The summed E-state index contributed by atoms with van der Waals surface area (Å²) in [5, 5.41) is 1.43. The Balaban J connectivity index is 2.71. The quantitative estimate of drug-likeness (QED) is 0.555. The first-order chi connectivity index (χ1) is 7.08. The van der Waals surface area contributed by atoms with Crippen LogP contribution in [0.5, 0.6) is 0 Å². The lowest BCUT2D eigenvalue weighted by Crippen LogP contribution is -1.91. The molecule has 0 saturated heterocycles. The van der Waals surface area contributed by atoms with E-state index in [0.29, 0.717) is 11.1 Å². The molecular weight excluding hydrogens is 231 g/mol. The van der Waals surface area contributed by atoms with E-state index in [-0.39, 0.29) is 5.28 Å². The van der Waals surface area contributed by atoms with Crippen molar-refractivity contribution in [2.75, 3.05) is 0 Å². The first-order valence-electron chi connectivity index (χ1n) is 4.70. The Hall–Kier alpha value is -0.860. The number of aromatic nitrogens is 2. The first-order valence-corrected chi connectivity index (χ1v) is 5.46. The van der Waals surface area contributed by atoms with Crippen molar-refractivity contribution in [2.45, 2.75) is 19.8 Å². The van der Waals surface area contributed by atoms with Crippen LogP contribution in [0.3, 0.4) is 0 Å². The Morgan fingerprint density at radius 2 is 1.87 bits per heavy atom. The molecule has 1 heterocycles. The van der Waals surface area contributed by atoms with Gasteiger partial charge in [0.15, 0.2) is 0 Å². The number of nitrogens with zero attached hydrogens (tertiary/aromatic N) is 2. The Morgan fingerprint density at radius 1 is 1.13 bits per heavy atom. The highest BCUT2D eigenvalue weighted by Gasteiger charge is 2.06. The van der Waals surface area contributed by atoms with Gasteiger partial charge in [-0.25, -0.2) is 9.97 Å². The molecule has 0 bridgehead atoms. The van der Waals surface area contributed by atoms with E-state index in [4.69, 9.17) is 23.2 Å². The van der Waals surface area contributed by atoms with Gasteiger partial charge in [0, 0.05) is 5.39 Å². The van der Waals surface area contributed by atoms with Gasteiger partial charge in [0.05, 0.1) is 5.52 Å². The monoisotopic (exact) mass is 240 g/mol. The molecule has 15 heavy (non-hydrogen) atoms. The van der Waals surface area contributed by atoms with Crippen molar-refractivity contribution < 1.29 is 0 Å². The van der Waals surface area contributed by atoms with E-state index in [2.05, 4.69) is 23.8 Å². The van der Waals surface area contributed by atoms with Crippen molar-refractivity contribution in [3.63, 3.8) is 0 Å². The van der Waals surface area contributed by atoms with Gasteiger partial charge in [-0.3, -0.25) is 0 Å². The summed E-state index contributed by atoms with van der Waals surface area (Å²) in [4.78, 5) is 8.05. The van der Waals surface area contributed by atoms with Crippen LogP contribution in [0.1, 0.15) is 25.3 Å². The number of halogens is 2. The summed E-state index contributed by atoms with van der Waals surface area (Å²) in [6.07, 6.45) is 0. The van der Waals surface area contributed by atoms with E-state index >= 15 is 0 Å². The standard InChI is InChI=1S/C11H10Cl2N2/c1-6(2)7-3-4-8-9(5-7)14-11(13)15-10(8)12/h3-6H,1-2H3.